The summed E-state index contributed by atoms with van der Waals surface area (Å²) in [6.07, 6.45) is 5.69. The predicted octanol–water partition coefficient (Wildman–Crippen LogP) is 9.46. The zero-order valence-electron chi connectivity index (χ0n) is 19.5. The van der Waals surface area contributed by atoms with E-state index in [9.17, 15) is 0 Å². The maximum Gasteiger partial charge on any atom is 0.0538 e. The number of hydrogen-bond donors (Lipinski definition) is 0. The molecule has 168 valence electrons. The molecule has 0 saturated carbocycles. The van der Waals surface area contributed by atoms with E-state index in [2.05, 4.69) is 115 Å². The first-order valence-electron chi connectivity index (χ1n) is 12.2. The second-order valence-electron chi connectivity index (χ2n) is 9.61. The smallest absolute Gasteiger partial charge is 0.0538 e. The summed E-state index contributed by atoms with van der Waals surface area (Å²) in [7, 11) is 0. The molecule has 0 N–H and O–H groups in total. The Morgan fingerprint density at radius 3 is 2.49 bits per heavy atom. The molecule has 6 aromatic rings. The summed E-state index contributed by atoms with van der Waals surface area (Å²) < 4.78 is 2.41. The Hall–Kier alpha value is -3.81. The van der Waals surface area contributed by atoms with E-state index in [0.717, 1.165) is 16.8 Å². The van der Waals surface area contributed by atoms with E-state index < -0.39 is 0 Å². The summed E-state index contributed by atoms with van der Waals surface area (Å²) in [6.45, 7) is 2.30. The van der Waals surface area contributed by atoms with Gasteiger partial charge in [0.1, 0.15) is 0 Å². The molecule has 1 aliphatic rings. The van der Waals surface area contributed by atoms with Crippen molar-refractivity contribution >= 4 is 50.1 Å². The first kappa shape index (κ1) is 20.6. The standard InChI is InChI=1S/C33H24ClN/c1-21-11-17-31-28(19-21)29-20-23(13-18-32(29)35(31)24-8-3-2-4-9-24)25-15-16-30(34)33-26-10-6-5-7-22(26)12-14-27(25)33/h2-18,20-21H,19H2,1H3/t21-/m0/s1. The third-order valence-electron chi connectivity index (χ3n) is 7.40. The lowest BCUT2D eigenvalue weighted by Crippen LogP contribution is -2.05. The molecule has 1 nitrogen and oxygen atoms in total. The van der Waals surface area contributed by atoms with Crippen molar-refractivity contribution in [1.29, 1.82) is 0 Å². The van der Waals surface area contributed by atoms with Crippen LogP contribution in [-0.4, -0.2) is 4.57 Å². The van der Waals surface area contributed by atoms with Gasteiger partial charge in [-0.05, 0) is 81.6 Å². The van der Waals surface area contributed by atoms with Gasteiger partial charge in [0.2, 0.25) is 0 Å². The minimum atomic E-state index is 0.531. The molecular weight excluding hydrogens is 446 g/mol. The summed E-state index contributed by atoms with van der Waals surface area (Å²) >= 11 is 6.76. The largest absolute Gasteiger partial charge is 0.310 e. The highest BCUT2D eigenvalue weighted by Crippen LogP contribution is 2.41. The fraction of sp³-hybridized carbons (Fsp3) is 0.0909. The van der Waals surface area contributed by atoms with Gasteiger partial charge < -0.3 is 4.57 Å². The van der Waals surface area contributed by atoms with Crippen LogP contribution in [0.2, 0.25) is 5.02 Å². The number of benzene rings is 5. The van der Waals surface area contributed by atoms with Crippen LogP contribution in [0.4, 0.5) is 0 Å². The normalized spacial score (nSPS) is 15.2. The monoisotopic (exact) mass is 469 g/mol. The first-order chi connectivity index (χ1) is 17.2. The number of fused-ring (bicyclic) bond motifs is 6. The third-order valence-corrected chi connectivity index (χ3v) is 7.72. The molecule has 0 radical (unpaired) electrons. The zero-order chi connectivity index (χ0) is 23.5. The fourth-order valence-corrected chi connectivity index (χ4v) is 6.03. The molecular formula is C33H24ClN. The molecule has 35 heavy (non-hydrogen) atoms. The van der Waals surface area contributed by atoms with Crippen molar-refractivity contribution in [2.75, 3.05) is 0 Å². The Morgan fingerprint density at radius 2 is 1.60 bits per heavy atom. The Labute approximate surface area is 209 Å². The van der Waals surface area contributed by atoms with Crippen LogP contribution in [0.25, 0.3) is 55.3 Å². The Balaban J connectivity index is 1.51. The maximum atomic E-state index is 6.76. The van der Waals surface area contributed by atoms with Crippen molar-refractivity contribution < 1.29 is 0 Å². The van der Waals surface area contributed by atoms with Gasteiger partial charge >= 0.3 is 0 Å². The molecule has 1 aliphatic carbocycles. The summed E-state index contributed by atoms with van der Waals surface area (Å²) in [5.41, 5.74) is 7.64. The Kier molecular flexibility index (Phi) is 4.62. The molecule has 0 bridgehead atoms. The van der Waals surface area contributed by atoms with Crippen LogP contribution >= 0.6 is 11.6 Å². The van der Waals surface area contributed by atoms with Crippen LogP contribution in [0, 0.1) is 5.92 Å². The number of rotatable bonds is 2. The van der Waals surface area contributed by atoms with Crippen molar-refractivity contribution in [2.24, 2.45) is 5.92 Å². The summed E-state index contributed by atoms with van der Waals surface area (Å²) in [5, 5.41) is 6.87. The Morgan fingerprint density at radius 1 is 0.771 bits per heavy atom. The van der Waals surface area contributed by atoms with Crippen LogP contribution in [0.5, 0.6) is 0 Å². The van der Waals surface area contributed by atoms with Gasteiger partial charge in [-0.1, -0.05) is 91.3 Å². The molecule has 2 heteroatoms. The average molecular weight is 470 g/mol. The van der Waals surface area contributed by atoms with Crippen molar-refractivity contribution in [1.82, 2.24) is 4.57 Å². The first-order valence-corrected chi connectivity index (χ1v) is 12.6. The highest BCUT2D eigenvalue weighted by atomic mass is 35.5. The third kappa shape index (κ3) is 3.16. The van der Waals surface area contributed by atoms with E-state index in [0.29, 0.717) is 5.92 Å². The summed E-state index contributed by atoms with van der Waals surface area (Å²) in [5.74, 6) is 0.531. The van der Waals surface area contributed by atoms with E-state index in [4.69, 9.17) is 11.6 Å². The van der Waals surface area contributed by atoms with E-state index in [1.807, 2.05) is 6.07 Å². The van der Waals surface area contributed by atoms with Crippen molar-refractivity contribution in [3.63, 3.8) is 0 Å². The molecule has 1 heterocycles. The van der Waals surface area contributed by atoms with Crippen LogP contribution in [0.1, 0.15) is 18.2 Å². The molecule has 7 rings (SSSR count). The molecule has 0 fully saturated rings. The van der Waals surface area contributed by atoms with E-state index in [-0.39, 0.29) is 0 Å². The maximum absolute atomic E-state index is 6.76. The van der Waals surface area contributed by atoms with Crippen molar-refractivity contribution in [2.45, 2.75) is 13.3 Å². The van der Waals surface area contributed by atoms with E-state index in [1.54, 1.807) is 0 Å². The summed E-state index contributed by atoms with van der Waals surface area (Å²) in [6, 6.07) is 34.7. The molecule has 0 saturated heterocycles. The van der Waals surface area contributed by atoms with E-state index in [1.165, 1.54) is 55.1 Å². The zero-order valence-corrected chi connectivity index (χ0v) is 20.3. The molecule has 0 unspecified atom stereocenters. The highest BCUT2D eigenvalue weighted by Gasteiger charge is 2.22. The van der Waals surface area contributed by atoms with E-state index >= 15 is 0 Å². The van der Waals surface area contributed by atoms with Crippen LogP contribution in [-0.2, 0) is 6.42 Å². The van der Waals surface area contributed by atoms with Gasteiger partial charge in [0.05, 0.1) is 5.52 Å². The highest BCUT2D eigenvalue weighted by molar-refractivity contribution is 6.38. The average Bonchev–Trinajstić information content (AvgIpc) is 3.22. The number of halogens is 1. The van der Waals surface area contributed by atoms with Gasteiger partial charge in [-0.3, -0.25) is 0 Å². The summed E-state index contributed by atoms with van der Waals surface area (Å²) in [4.78, 5) is 0. The minimum absolute atomic E-state index is 0.531. The van der Waals surface area contributed by atoms with Crippen LogP contribution in [0.15, 0.2) is 103 Å². The van der Waals surface area contributed by atoms with Gasteiger partial charge in [0, 0.05) is 27.2 Å². The minimum Gasteiger partial charge on any atom is -0.310 e. The second-order valence-corrected chi connectivity index (χ2v) is 10.0. The molecule has 1 atom stereocenters. The topological polar surface area (TPSA) is 4.93 Å². The quantitative estimate of drug-likeness (QED) is 0.222. The fourth-order valence-electron chi connectivity index (χ4n) is 5.77. The van der Waals surface area contributed by atoms with Gasteiger partial charge in [-0.25, -0.2) is 0 Å². The number of para-hydroxylation sites is 1. The predicted molar refractivity (Wildman–Crippen MR) is 151 cm³/mol. The Bertz CT molecular complexity index is 1790. The number of aromatic nitrogens is 1. The van der Waals surface area contributed by atoms with Crippen LogP contribution < -0.4 is 0 Å². The van der Waals surface area contributed by atoms with Crippen LogP contribution in [0.3, 0.4) is 0 Å². The molecule has 0 spiro atoms. The molecule has 5 aromatic carbocycles. The lowest BCUT2D eigenvalue weighted by Gasteiger charge is -2.15. The second kappa shape index (κ2) is 7.86. The molecule has 1 aromatic heterocycles. The van der Waals surface area contributed by atoms with Gasteiger partial charge in [0.25, 0.3) is 0 Å². The number of allylic oxidation sites excluding steroid dienone is 1. The van der Waals surface area contributed by atoms with Crippen molar-refractivity contribution in [3.05, 3.63) is 119 Å². The lowest BCUT2D eigenvalue weighted by atomic mass is 9.91. The number of nitrogens with zero attached hydrogens (tertiary/aromatic N) is 1. The van der Waals surface area contributed by atoms with Gasteiger partial charge in [-0.15, -0.1) is 0 Å². The lowest BCUT2D eigenvalue weighted by molar-refractivity contribution is 0.718. The van der Waals surface area contributed by atoms with Gasteiger partial charge in [0.15, 0.2) is 0 Å². The number of hydrogen-bond acceptors (Lipinski definition) is 0. The van der Waals surface area contributed by atoms with Gasteiger partial charge in [-0.2, -0.15) is 0 Å². The molecule has 0 aliphatic heterocycles. The van der Waals surface area contributed by atoms with Crippen molar-refractivity contribution in [3.8, 4) is 16.8 Å². The SMILES string of the molecule is C[C@H]1C=Cc2c(c3cc(-c4ccc(Cl)c5c4ccc4ccccc45)ccc3n2-c2ccccc2)C1. The molecule has 0 amide bonds.